The standard InChI is InChI=1S/C6H11N3.C2H6/c1-4-6-5(2)7-8-9(6)3;1-2/h4H2,1-3H3;1-2H3. The van der Waals surface area contributed by atoms with Crippen molar-refractivity contribution in [2.75, 3.05) is 0 Å². The van der Waals surface area contributed by atoms with E-state index >= 15 is 0 Å². The fourth-order valence-electron chi connectivity index (χ4n) is 0.965. The van der Waals surface area contributed by atoms with Gasteiger partial charge in [-0.2, -0.15) is 0 Å². The van der Waals surface area contributed by atoms with Gasteiger partial charge in [0, 0.05) is 7.05 Å². The number of hydrogen-bond acceptors (Lipinski definition) is 2. The molecule has 0 aromatic carbocycles. The lowest BCUT2D eigenvalue weighted by Gasteiger charge is -1.93. The minimum atomic E-state index is 1.01. The van der Waals surface area contributed by atoms with Gasteiger partial charge in [0.2, 0.25) is 0 Å². The summed E-state index contributed by atoms with van der Waals surface area (Å²) in [6.45, 7) is 8.08. The molecule has 0 amide bonds. The molecule has 0 N–H and O–H groups in total. The van der Waals surface area contributed by atoms with Crippen LogP contribution in [0.1, 0.15) is 32.2 Å². The molecule has 1 rings (SSSR count). The molecule has 11 heavy (non-hydrogen) atoms. The van der Waals surface area contributed by atoms with Crippen LogP contribution in [0.4, 0.5) is 0 Å². The second-order valence-electron chi connectivity index (χ2n) is 2.10. The third-order valence-corrected chi connectivity index (χ3v) is 1.47. The summed E-state index contributed by atoms with van der Waals surface area (Å²) in [4.78, 5) is 0. The lowest BCUT2D eigenvalue weighted by atomic mass is 10.3. The molecule has 0 spiro atoms. The van der Waals surface area contributed by atoms with Gasteiger partial charge in [0.1, 0.15) is 0 Å². The zero-order chi connectivity index (χ0) is 8.85. The predicted molar refractivity (Wildman–Crippen MR) is 46.5 cm³/mol. The van der Waals surface area contributed by atoms with Gasteiger partial charge in [0.15, 0.2) is 0 Å². The maximum Gasteiger partial charge on any atom is 0.0828 e. The molecule has 64 valence electrons. The summed E-state index contributed by atoms with van der Waals surface area (Å²) in [6.07, 6.45) is 1.01. The Hall–Kier alpha value is -0.860. The maximum absolute atomic E-state index is 3.90. The predicted octanol–water partition coefficient (Wildman–Crippen LogP) is 1.71. The van der Waals surface area contributed by atoms with Gasteiger partial charge in [-0.3, -0.25) is 4.68 Å². The topological polar surface area (TPSA) is 30.7 Å². The van der Waals surface area contributed by atoms with Gasteiger partial charge in [-0.15, -0.1) is 5.10 Å². The fourth-order valence-corrected chi connectivity index (χ4v) is 0.965. The molecule has 0 saturated carbocycles. The molecule has 0 unspecified atom stereocenters. The highest BCUT2D eigenvalue weighted by atomic mass is 15.4. The lowest BCUT2D eigenvalue weighted by molar-refractivity contribution is 0.682. The van der Waals surface area contributed by atoms with Gasteiger partial charge in [0.25, 0.3) is 0 Å². The second-order valence-corrected chi connectivity index (χ2v) is 2.10. The molecule has 0 saturated heterocycles. The quantitative estimate of drug-likeness (QED) is 0.618. The first-order valence-corrected chi connectivity index (χ1v) is 4.11. The highest BCUT2D eigenvalue weighted by Gasteiger charge is 2.00. The molecule has 0 aliphatic heterocycles. The second kappa shape index (κ2) is 4.88. The summed E-state index contributed by atoms with van der Waals surface area (Å²) in [6, 6.07) is 0. The largest absolute Gasteiger partial charge is 0.252 e. The Balaban J connectivity index is 0.000000461. The Labute approximate surface area is 68.4 Å². The average molecular weight is 155 g/mol. The van der Waals surface area contributed by atoms with Gasteiger partial charge in [-0.25, -0.2) is 0 Å². The molecule has 1 aromatic rings. The lowest BCUT2D eigenvalue weighted by Crippen LogP contribution is -1.96. The van der Waals surface area contributed by atoms with Crippen LogP contribution in [0.5, 0.6) is 0 Å². The summed E-state index contributed by atoms with van der Waals surface area (Å²) in [5, 5.41) is 7.75. The molecule has 3 nitrogen and oxygen atoms in total. The van der Waals surface area contributed by atoms with Crippen molar-refractivity contribution >= 4 is 0 Å². The zero-order valence-electron chi connectivity index (χ0n) is 8.05. The first-order chi connectivity index (χ1) is 5.25. The minimum absolute atomic E-state index is 1.01. The van der Waals surface area contributed by atoms with Crippen LogP contribution < -0.4 is 0 Å². The van der Waals surface area contributed by atoms with Crippen molar-refractivity contribution in [3.05, 3.63) is 11.4 Å². The Morgan fingerprint density at radius 1 is 1.36 bits per heavy atom. The van der Waals surface area contributed by atoms with E-state index in [1.165, 1.54) is 5.69 Å². The highest BCUT2D eigenvalue weighted by molar-refractivity contribution is 5.06. The van der Waals surface area contributed by atoms with Crippen LogP contribution in [0, 0.1) is 6.92 Å². The molecule has 3 heteroatoms. The number of rotatable bonds is 1. The van der Waals surface area contributed by atoms with E-state index in [9.17, 15) is 0 Å². The van der Waals surface area contributed by atoms with E-state index in [2.05, 4.69) is 17.2 Å². The minimum Gasteiger partial charge on any atom is -0.252 e. The Bertz CT molecular complexity index is 184. The van der Waals surface area contributed by atoms with Gasteiger partial charge < -0.3 is 0 Å². The molecule has 0 aliphatic rings. The SMILES string of the molecule is CC.CCc1c(C)nnn1C. The van der Waals surface area contributed by atoms with Crippen LogP contribution in [0.2, 0.25) is 0 Å². The molecule has 0 bridgehead atoms. The van der Waals surface area contributed by atoms with Crippen molar-refractivity contribution in [1.29, 1.82) is 0 Å². The summed E-state index contributed by atoms with van der Waals surface area (Å²) in [5.41, 5.74) is 2.26. The van der Waals surface area contributed by atoms with Crippen molar-refractivity contribution in [2.24, 2.45) is 7.05 Å². The Morgan fingerprint density at radius 2 is 1.91 bits per heavy atom. The Morgan fingerprint density at radius 3 is 2.09 bits per heavy atom. The molecule has 0 radical (unpaired) electrons. The first kappa shape index (κ1) is 10.1. The summed E-state index contributed by atoms with van der Waals surface area (Å²) >= 11 is 0. The average Bonchev–Trinajstić information content (AvgIpc) is 2.35. The van der Waals surface area contributed by atoms with Crippen LogP contribution >= 0.6 is 0 Å². The molecule has 1 heterocycles. The van der Waals surface area contributed by atoms with Gasteiger partial charge in [-0.05, 0) is 13.3 Å². The maximum atomic E-state index is 3.90. The van der Waals surface area contributed by atoms with Crippen molar-refractivity contribution in [2.45, 2.75) is 34.1 Å². The third-order valence-electron chi connectivity index (χ3n) is 1.47. The van der Waals surface area contributed by atoms with Crippen LogP contribution in [-0.2, 0) is 13.5 Å². The van der Waals surface area contributed by atoms with Crippen molar-refractivity contribution in [3.63, 3.8) is 0 Å². The van der Waals surface area contributed by atoms with E-state index in [0.29, 0.717) is 0 Å². The smallest absolute Gasteiger partial charge is 0.0828 e. The molecule has 0 aliphatic carbocycles. The third kappa shape index (κ3) is 2.33. The van der Waals surface area contributed by atoms with Gasteiger partial charge in [-0.1, -0.05) is 26.0 Å². The van der Waals surface area contributed by atoms with E-state index in [1.54, 1.807) is 0 Å². The zero-order valence-corrected chi connectivity index (χ0v) is 8.05. The number of nitrogens with zero attached hydrogens (tertiary/aromatic N) is 3. The summed E-state index contributed by atoms with van der Waals surface area (Å²) < 4.78 is 1.81. The fraction of sp³-hybridized carbons (Fsp3) is 0.750. The number of hydrogen-bond donors (Lipinski definition) is 0. The van der Waals surface area contributed by atoms with E-state index in [1.807, 2.05) is 32.5 Å². The molecular weight excluding hydrogens is 138 g/mol. The van der Waals surface area contributed by atoms with Gasteiger partial charge >= 0.3 is 0 Å². The summed E-state index contributed by atoms with van der Waals surface area (Å²) in [5.74, 6) is 0. The number of aromatic nitrogens is 3. The van der Waals surface area contributed by atoms with Crippen molar-refractivity contribution in [3.8, 4) is 0 Å². The summed E-state index contributed by atoms with van der Waals surface area (Å²) in [7, 11) is 1.92. The van der Waals surface area contributed by atoms with Gasteiger partial charge in [0.05, 0.1) is 11.4 Å². The monoisotopic (exact) mass is 155 g/mol. The van der Waals surface area contributed by atoms with Crippen molar-refractivity contribution < 1.29 is 0 Å². The highest BCUT2D eigenvalue weighted by Crippen LogP contribution is 2.00. The van der Waals surface area contributed by atoms with Crippen molar-refractivity contribution in [1.82, 2.24) is 15.0 Å². The first-order valence-electron chi connectivity index (χ1n) is 4.11. The van der Waals surface area contributed by atoms with E-state index < -0.39 is 0 Å². The molecule has 0 fully saturated rings. The van der Waals surface area contributed by atoms with Crippen LogP contribution in [0.3, 0.4) is 0 Å². The van der Waals surface area contributed by atoms with Crippen LogP contribution in [-0.4, -0.2) is 15.0 Å². The van der Waals surface area contributed by atoms with Crippen LogP contribution in [0.25, 0.3) is 0 Å². The van der Waals surface area contributed by atoms with E-state index in [-0.39, 0.29) is 0 Å². The Kier molecular flexibility index (Phi) is 4.50. The molecule has 1 aromatic heterocycles. The molecular formula is C8H17N3. The van der Waals surface area contributed by atoms with E-state index in [4.69, 9.17) is 0 Å². The van der Waals surface area contributed by atoms with E-state index in [0.717, 1.165) is 12.1 Å². The number of aryl methyl sites for hydroxylation is 2. The van der Waals surface area contributed by atoms with Crippen LogP contribution in [0.15, 0.2) is 0 Å². The normalized spacial score (nSPS) is 8.82. The molecule has 0 atom stereocenters.